The van der Waals surface area contributed by atoms with Crippen molar-refractivity contribution in [3.63, 3.8) is 0 Å². The highest BCUT2D eigenvalue weighted by molar-refractivity contribution is 5.89. The molecule has 0 aliphatic carbocycles. The molecular formula is C15H18N6O2. The van der Waals surface area contributed by atoms with Crippen molar-refractivity contribution in [2.45, 2.75) is 19.4 Å². The summed E-state index contributed by atoms with van der Waals surface area (Å²) in [6.45, 7) is 2.68. The summed E-state index contributed by atoms with van der Waals surface area (Å²) in [5.74, 6) is 0.370. The average Bonchev–Trinajstić information content (AvgIpc) is 3.16. The van der Waals surface area contributed by atoms with E-state index >= 15 is 0 Å². The number of hydrogen-bond acceptors (Lipinski definition) is 4. The van der Waals surface area contributed by atoms with Crippen LogP contribution in [-0.2, 0) is 4.79 Å². The van der Waals surface area contributed by atoms with Crippen LogP contribution in [0.5, 0.6) is 0 Å². The quantitative estimate of drug-likeness (QED) is 0.902. The van der Waals surface area contributed by atoms with Crippen molar-refractivity contribution >= 4 is 23.4 Å². The second-order valence-corrected chi connectivity index (χ2v) is 5.42. The van der Waals surface area contributed by atoms with Gasteiger partial charge in [0.2, 0.25) is 5.91 Å². The highest BCUT2D eigenvalue weighted by Crippen LogP contribution is 2.22. The number of amides is 3. The number of nitrogens with zero attached hydrogens (tertiary/aromatic N) is 4. The van der Waals surface area contributed by atoms with Crippen molar-refractivity contribution in [3.05, 3.63) is 36.8 Å². The Morgan fingerprint density at radius 1 is 1.30 bits per heavy atom. The first-order valence-electron chi connectivity index (χ1n) is 7.40. The summed E-state index contributed by atoms with van der Waals surface area (Å²) in [5.41, 5.74) is 0.674. The van der Waals surface area contributed by atoms with Gasteiger partial charge in [0.1, 0.15) is 0 Å². The van der Waals surface area contributed by atoms with Gasteiger partial charge in [-0.15, -0.1) is 0 Å². The maximum absolute atomic E-state index is 12.2. The molecule has 3 rings (SSSR count). The van der Waals surface area contributed by atoms with Crippen LogP contribution in [0.2, 0.25) is 0 Å². The number of anilines is 2. The zero-order valence-corrected chi connectivity index (χ0v) is 12.8. The number of rotatable bonds is 3. The predicted molar refractivity (Wildman–Crippen MR) is 85.0 cm³/mol. The zero-order valence-electron chi connectivity index (χ0n) is 12.8. The first-order valence-corrected chi connectivity index (χ1v) is 7.40. The molecule has 3 amide bonds. The van der Waals surface area contributed by atoms with Gasteiger partial charge in [-0.25, -0.2) is 4.79 Å². The SMILES string of the molecule is CC(=O)Nc1ccn(C2CCN(C(=O)Nc3cccnc3)C2)n1. The minimum Gasteiger partial charge on any atom is -0.322 e. The summed E-state index contributed by atoms with van der Waals surface area (Å²) in [4.78, 5) is 29.0. The fraction of sp³-hybridized carbons (Fsp3) is 0.333. The van der Waals surface area contributed by atoms with E-state index in [1.807, 2.05) is 6.20 Å². The molecule has 2 aromatic rings. The first kappa shape index (κ1) is 15.0. The summed E-state index contributed by atoms with van der Waals surface area (Å²) < 4.78 is 1.79. The lowest BCUT2D eigenvalue weighted by Crippen LogP contribution is -2.33. The lowest BCUT2D eigenvalue weighted by atomic mass is 10.3. The largest absolute Gasteiger partial charge is 0.322 e. The maximum Gasteiger partial charge on any atom is 0.321 e. The molecule has 2 aromatic heterocycles. The van der Waals surface area contributed by atoms with Crippen molar-refractivity contribution in [1.82, 2.24) is 19.7 Å². The van der Waals surface area contributed by atoms with Crippen molar-refractivity contribution in [2.75, 3.05) is 23.7 Å². The molecule has 0 saturated carbocycles. The van der Waals surface area contributed by atoms with Crippen LogP contribution < -0.4 is 10.6 Å². The number of carbonyl (C=O) groups is 2. The Kier molecular flexibility index (Phi) is 4.22. The van der Waals surface area contributed by atoms with Crippen LogP contribution in [0.15, 0.2) is 36.8 Å². The fourth-order valence-corrected chi connectivity index (χ4v) is 2.57. The lowest BCUT2D eigenvalue weighted by Gasteiger charge is -2.17. The van der Waals surface area contributed by atoms with Gasteiger partial charge < -0.3 is 15.5 Å². The van der Waals surface area contributed by atoms with Crippen LogP contribution in [0.1, 0.15) is 19.4 Å². The van der Waals surface area contributed by atoms with Crippen LogP contribution in [0, 0.1) is 0 Å². The Labute approximate surface area is 133 Å². The van der Waals surface area contributed by atoms with E-state index in [4.69, 9.17) is 0 Å². The molecule has 1 fully saturated rings. The Balaban J connectivity index is 1.58. The standard InChI is InChI=1S/C15H18N6O2/c1-11(22)17-14-5-8-21(19-14)13-4-7-20(10-13)15(23)18-12-3-2-6-16-9-12/h2-3,5-6,8-9,13H,4,7,10H2,1H3,(H,18,23)(H,17,19,22). The van der Waals surface area contributed by atoms with Gasteiger partial charge in [-0.3, -0.25) is 14.5 Å². The van der Waals surface area contributed by atoms with Gasteiger partial charge in [-0.1, -0.05) is 0 Å². The third-order valence-corrected chi connectivity index (χ3v) is 3.65. The molecule has 0 spiro atoms. The molecule has 8 nitrogen and oxygen atoms in total. The Morgan fingerprint density at radius 3 is 2.91 bits per heavy atom. The average molecular weight is 314 g/mol. The number of carbonyl (C=O) groups excluding carboxylic acids is 2. The molecule has 0 bridgehead atoms. The van der Waals surface area contributed by atoms with Crippen molar-refractivity contribution in [1.29, 1.82) is 0 Å². The van der Waals surface area contributed by atoms with Crippen LogP contribution in [-0.4, -0.2) is 44.7 Å². The lowest BCUT2D eigenvalue weighted by molar-refractivity contribution is -0.114. The van der Waals surface area contributed by atoms with E-state index in [0.29, 0.717) is 24.6 Å². The molecule has 3 heterocycles. The monoisotopic (exact) mass is 314 g/mol. The van der Waals surface area contributed by atoms with Crippen LogP contribution in [0.25, 0.3) is 0 Å². The summed E-state index contributed by atoms with van der Waals surface area (Å²) >= 11 is 0. The molecule has 1 aliphatic heterocycles. The highest BCUT2D eigenvalue weighted by Gasteiger charge is 2.28. The van der Waals surface area contributed by atoms with Gasteiger partial charge in [0.05, 0.1) is 17.9 Å². The number of nitrogens with one attached hydrogen (secondary N) is 2. The molecule has 1 saturated heterocycles. The van der Waals surface area contributed by atoms with Gasteiger partial charge in [0, 0.05) is 38.5 Å². The summed E-state index contributed by atoms with van der Waals surface area (Å²) in [5, 5.41) is 9.80. The smallest absolute Gasteiger partial charge is 0.321 e. The molecule has 2 N–H and O–H groups in total. The molecule has 0 radical (unpaired) electrons. The molecule has 23 heavy (non-hydrogen) atoms. The van der Waals surface area contributed by atoms with Crippen LogP contribution in [0.3, 0.4) is 0 Å². The highest BCUT2D eigenvalue weighted by atomic mass is 16.2. The Bertz CT molecular complexity index is 699. The number of likely N-dealkylation sites (tertiary alicyclic amines) is 1. The first-order chi connectivity index (χ1) is 11.1. The van der Waals surface area contributed by atoms with Crippen LogP contribution in [0.4, 0.5) is 16.3 Å². The molecule has 1 atom stereocenters. The number of urea groups is 1. The van der Waals surface area contributed by atoms with Crippen molar-refractivity contribution < 1.29 is 9.59 Å². The minimum atomic E-state index is -0.154. The third kappa shape index (κ3) is 3.65. The second-order valence-electron chi connectivity index (χ2n) is 5.42. The van der Waals surface area contributed by atoms with Crippen molar-refractivity contribution in [2.24, 2.45) is 0 Å². The normalized spacial score (nSPS) is 17.1. The van der Waals surface area contributed by atoms with Gasteiger partial charge in [-0.2, -0.15) is 5.10 Å². The second kappa shape index (κ2) is 6.47. The fourth-order valence-electron chi connectivity index (χ4n) is 2.57. The predicted octanol–water partition coefficient (Wildman–Crippen LogP) is 1.72. The van der Waals surface area contributed by atoms with Gasteiger partial charge in [0.25, 0.3) is 0 Å². The number of hydrogen-bond donors (Lipinski definition) is 2. The topological polar surface area (TPSA) is 92.2 Å². The van der Waals surface area contributed by atoms with Gasteiger partial charge in [0.15, 0.2) is 5.82 Å². The van der Waals surface area contributed by atoms with E-state index in [1.54, 1.807) is 40.2 Å². The summed E-state index contributed by atoms with van der Waals surface area (Å²) in [6, 6.07) is 5.29. The molecule has 1 aliphatic rings. The molecule has 8 heteroatoms. The van der Waals surface area contributed by atoms with E-state index in [0.717, 1.165) is 6.42 Å². The van der Waals surface area contributed by atoms with Gasteiger partial charge >= 0.3 is 6.03 Å². The number of aromatic nitrogens is 3. The van der Waals surface area contributed by atoms with Gasteiger partial charge in [-0.05, 0) is 18.6 Å². The summed E-state index contributed by atoms with van der Waals surface area (Å²) in [6.07, 6.45) is 5.91. The van der Waals surface area contributed by atoms with Crippen molar-refractivity contribution in [3.8, 4) is 0 Å². The zero-order chi connectivity index (χ0) is 16.2. The molecular weight excluding hydrogens is 296 g/mol. The van der Waals surface area contributed by atoms with E-state index in [9.17, 15) is 9.59 Å². The minimum absolute atomic E-state index is 0.108. The molecule has 0 aromatic carbocycles. The third-order valence-electron chi connectivity index (χ3n) is 3.65. The van der Waals surface area contributed by atoms with E-state index in [1.165, 1.54) is 6.92 Å². The van der Waals surface area contributed by atoms with E-state index in [2.05, 4.69) is 20.7 Å². The maximum atomic E-state index is 12.2. The number of pyridine rings is 1. The molecule has 1 unspecified atom stereocenters. The van der Waals surface area contributed by atoms with Crippen LogP contribution >= 0.6 is 0 Å². The Hall–Kier alpha value is -2.90. The Morgan fingerprint density at radius 2 is 2.17 bits per heavy atom. The van der Waals surface area contributed by atoms with E-state index < -0.39 is 0 Å². The van der Waals surface area contributed by atoms with E-state index in [-0.39, 0.29) is 18.0 Å². The summed E-state index contributed by atoms with van der Waals surface area (Å²) in [7, 11) is 0. The molecule has 120 valence electrons.